The molecule has 0 atom stereocenters. The van der Waals surface area contributed by atoms with Crippen molar-refractivity contribution in [1.29, 1.82) is 0 Å². The van der Waals surface area contributed by atoms with Crippen LogP contribution in [-0.4, -0.2) is 31.2 Å². The first-order chi connectivity index (χ1) is 9.43. The molecule has 20 heavy (non-hydrogen) atoms. The Labute approximate surface area is 117 Å². The minimum Gasteiger partial charge on any atom is -0.461 e. The molecular weight excluding hydrogens is 282 g/mol. The van der Waals surface area contributed by atoms with E-state index in [2.05, 4.69) is 10.2 Å². The van der Waals surface area contributed by atoms with Crippen molar-refractivity contribution in [2.45, 2.75) is 43.9 Å². The van der Waals surface area contributed by atoms with Crippen LogP contribution >= 0.6 is 0 Å². The lowest BCUT2D eigenvalue weighted by Gasteiger charge is -2.04. The van der Waals surface area contributed by atoms with Gasteiger partial charge in [0, 0.05) is 0 Å². The van der Waals surface area contributed by atoms with Gasteiger partial charge >= 0.3 is 5.97 Å². The van der Waals surface area contributed by atoms with Gasteiger partial charge < -0.3 is 4.74 Å². The van der Waals surface area contributed by atoms with Crippen molar-refractivity contribution in [1.82, 2.24) is 10.2 Å². The van der Waals surface area contributed by atoms with Crippen molar-refractivity contribution in [3.05, 3.63) is 11.4 Å². The summed E-state index contributed by atoms with van der Waals surface area (Å²) in [5.74, 6) is -0.108. The van der Waals surface area contributed by atoms with Crippen molar-refractivity contribution in [3.63, 3.8) is 0 Å². The zero-order valence-electron chi connectivity index (χ0n) is 11.4. The molecule has 112 valence electrons. The number of primary sulfonamides is 1. The van der Waals surface area contributed by atoms with Crippen molar-refractivity contribution >= 4 is 16.0 Å². The molecule has 0 aliphatic heterocycles. The molecule has 0 saturated heterocycles. The van der Waals surface area contributed by atoms with Gasteiger partial charge in [0.2, 0.25) is 10.0 Å². The number of aryl methyl sites for hydroxylation is 1. The van der Waals surface area contributed by atoms with E-state index < -0.39 is 16.0 Å². The molecule has 1 heterocycles. The number of rotatable bonds is 7. The summed E-state index contributed by atoms with van der Waals surface area (Å²) < 4.78 is 28.3. The van der Waals surface area contributed by atoms with E-state index >= 15 is 0 Å². The Morgan fingerprint density at radius 1 is 1.50 bits per heavy atom. The van der Waals surface area contributed by atoms with E-state index in [-0.39, 0.29) is 17.2 Å². The van der Waals surface area contributed by atoms with Gasteiger partial charge in [0.25, 0.3) is 0 Å². The van der Waals surface area contributed by atoms with Crippen molar-refractivity contribution in [2.24, 2.45) is 11.1 Å². The topological polar surface area (TPSA) is 115 Å². The molecule has 1 aliphatic carbocycles. The number of H-pyrrole nitrogens is 1. The summed E-state index contributed by atoms with van der Waals surface area (Å²) in [6.07, 6.45) is 4.31. The molecule has 3 N–H and O–H groups in total. The quantitative estimate of drug-likeness (QED) is 0.728. The summed E-state index contributed by atoms with van der Waals surface area (Å²) in [5, 5.41) is 11.5. The minimum absolute atomic E-state index is 0.240. The zero-order chi connectivity index (χ0) is 14.8. The lowest BCUT2D eigenvalue weighted by molar-refractivity contribution is 0.0483. The van der Waals surface area contributed by atoms with Crippen molar-refractivity contribution in [2.75, 3.05) is 6.61 Å². The lowest BCUT2D eigenvalue weighted by atomic mass is 10.2. The number of esters is 1. The molecule has 0 amide bonds. The molecule has 0 spiro atoms. The highest BCUT2D eigenvalue weighted by Gasteiger charge is 2.28. The normalized spacial score (nSPS) is 15.3. The predicted octanol–water partition coefficient (Wildman–Crippen LogP) is 0.966. The molecule has 2 rings (SSSR count). The van der Waals surface area contributed by atoms with Gasteiger partial charge in [0.1, 0.15) is 4.90 Å². The highest BCUT2D eigenvalue weighted by Crippen LogP contribution is 2.32. The first-order valence-electron chi connectivity index (χ1n) is 6.70. The number of nitrogens with two attached hydrogens (primary N) is 1. The van der Waals surface area contributed by atoms with Crippen LogP contribution in [0.5, 0.6) is 0 Å². The van der Waals surface area contributed by atoms with Crippen LogP contribution in [0.25, 0.3) is 0 Å². The van der Waals surface area contributed by atoms with Gasteiger partial charge in [-0.1, -0.05) is 26.2 Å². The second kappa shape index (κ2) is 5.92. The molecule has 1 aromatic heterocycles. The molecule has 7 nitrogen and oxygen atoms in total. The van der Waals surface area contributed by atoms with E-state index in [0.29, 0.717) is 24.5 Å². The molecule has 1 saturated carbocycles. The van der Waals surface area contributed by atoms with Crippen molar-refractivity contribution < 1.29 is 17.9 Å². The van der Waals surface area contributed by atoms with E-state index in [1.165, 1.54) is 12.8 Å². The Balaban J connectivity index is 2.14. The summed E-state index contributed by atoms with van der Waals surface area (Å²) in [6.45, 7) is 2.17. The number of aromatic amines is 1. The lowest BCUT2D eigenvalue weighted by Crippen LogP contribution is -2.19. The van der Waals surface area contributed by atoms with E-state index in [0.717, 1.165) is 6.42 Å². The van der Waals surface area contributed by atoms with E-state index in [9.17, 15) is 13.2 Å². The third-order valence-electron chi connectivity index (χ3n) is 3.23. The summed E-state index contributed by atoms with van der Waals surface area (Å²) in [6, 6.07) is 0. The van der Waals surface area contributed by atoms with Crippen LogP contribution in [0, 0.1) is 5.92 Å². The Hall–Kier alpha value is -1.41. The van der Waals surface area contributed by atoms with E-state index in [4.69, 9.17) is 9.88 Å². The first kappa shape index (κ1) is 15.0. The van der Waals surface area contributed by atoms with Gasteiger partial charge in [-0.3, -0.25) is 5.10 Å². The molecule has 0 aromatic carbocycles. The number of ether oxygens (including phenoxy) is 1. The highest BCUT2D eigenvalue weighted by molar-refractivity contribution is 7.89. The minimum atomic E-state index is -4.01. The Kier molecular flexibility index (Phi) is 4.44. The highest BCUT2D eigenvalue weighted by atomic mass is 32.2. The van der Waals surface area contributed by atoms with Gasteiger partial charge in [-0.25, -0.2) is 18.4 Å². The average molecular weight is 301 g/mol. The van der Waals surface area contributed by atoms with Crippen LogP contribution in [0.1, 0.15) is 48.8 Å². The second-order valence-corrected chi connectivity index (χ2v) is 6.54. The Bertz CT molecular complexity index is 590. The van der Waals surface area contributed by atoms with Crippen LogP contribution in [-0.2, 0) is 21.2 Å². The maximum Gasteiger partial charge on any atom is 0.360 e. The molecule has 8 heteroatoms. The van der Waals surface area contributed by atoms with Gasteiger partial charge in [-0.2, -0.15) is 5.10 Å². The molecule has 0 bridgehead atoms. The molecule has 1 aliphatic rings. The Morgan fingerprint density at radius 2 is 2.20 bits per heavy atom. The fourth-order valence-corrected chi connectivity index (χ4v) is 2.91. The zero-order valence-corrected chi connectivity index (χ0v) is 12.2. The number of hydrogen-bond acceptors (Lipinski definition) is 5. The van der Waals surface area contributed by atoms with Gasteiger partial charge in [-0.05, 0) is 18.8 Å². The average Bonchev–Trinajstić information content (AvgIpc) is 3.06. The van der Waals surface area contributed by atoms with Gasteiger partial charge in [-0.15, -0.1) is 0 Å². The fraction of sp³-hybridized carbons (Fsp3) is 0.667. The fourth-order valence-electron chi connectivity index (χ4n) is 2.03. The van der Waals surface area contributed by atoms with E-state index in [1.807, 2.05) is 6.92 Å². The van der Waals surface area contributed by atoms with Crippen LogP contribution in [0.4, 0.5) is 0 Å². The van der Waals surface area contributed by atoms with Gasteiger partial charge in [0.05, 0.1) is 12.3 Å². The summed E-state index contributed by atoms with van der Waals surface area (Å²) in [7, 11) is -4.01. The molecule has 1 aromatic rings. The molecule has 0 radical (unpaired) electrons. The summed E-state index contributed by atoms with van der Waals surface area (Å²) >= 11 is 0. The number of sulfonamides is 1. The Morgan fingerprint density at radius 3 is 2.75 bits per heavy atom. The molecular formula is C12H19N3O4S. The standard InChI is InChI=1S/C12H19N3O4S/c1-2-3-9-11(20(13,17)18)10(15-14-9)12(16)19-7-6-8-4-5-8/h8H,2-7H2,1H3,(H,14,15)(H2,13,17,18). The van der Waals surface area contributed by atoms with Crippen LogP contribution in [0.3, 0.4) is 0 Å². The first-order valence-corrected chi connectivity index (χ1v) is 8.25. The number of carbonyl (C=O) groups excluding carboxylic acids is 1. The summed E-state index contributed by atoms with van der Waals surface area (Å²) in [4.78, 5) is 11.7. The van der Waals surface area contributed by atoms with Crippen LogP contribution in [0.15, 0.2) is 4.90 Å². The number of nitrogens with zero attached hydrogens (tertiary/aromatic N) is 1. The monoisotopic (exact) mass is 301 g/mol. The molecule has 0 unspecified atom stereocenters. The number of hydrogen-bond donors (Lipinski definition) is 2. The predicted molar refractivity (Wildman–Crippen MR) is 71.6 cm³/mol. The smallest absolute Gasteiger partial charge is 0.360 e. The van der Waals surface area contributed by atoms with Crippen LogP contribution < -0.4 is 5.14 Å². The third-order valence-corrected chi connectivity index (χ3v) is 4.23. The number of aromatic nitrogens is 2. The summed E-state index contributed by atoms with van der Waals surface area (Å²) in [5.41, 5.74) is 0.107. The second-order valence-electron chi connectivity index (χ2n) is 5.04. The van der Waals surface area contributed by atoms with Crippen LogP contribution in [0.2, 0.25) is 0 Å². The van der Waals surface area contributed by atoms with Gasteiger partial charge in [0.15, 0.2) is 5.69 Å². The van der Waals surface area contributed by atoms with Crippen molar-refractivity contribution in [3.8, 4) is 0 Å². The maximum absolute atomic E-state index is 11.9. The number of carbonyl (C=O) groups is 1. The number of nitrogens with one attached hydrogen (secondary N) is 1. The third kappa shape index (κ3) is 3.57. The van der Waals surface area contributed by atoms with E-state index in [1.54, 1.807) is 0 Å². The SMILES string of the molecule is CCCc1[nH]nc(C(=O)OCCC2CC2)c1S(N)(=O)=O. The largest absolute Gasteiger partial charge is 0.461 e. The molecule has 1 fully saturated rings. The maximum atomic E-state index is 11.9.